The van der Waals surface area contributed by atoms with E-state index >= 15 is 0 Å². The second-order valence-corrected chi connectivity index (χ2v) is 14.6. The Kier molecular flexibility index (Phi) is 10.9. The van der Waals surface area contributed by atoms with Crippen LogP contribution in [0.15, 0.2) is 65.3 Å². The van der Waals surface area contributed by atoms with Gasteiger partial charge in [0.1, 0.15) is 21.4 Å². The van der Waals surface area contributed by atoms with Crippen LogP contribution in [0.4, 0.5) is 20.2 Å². The number of hydrogen-bond donors (Lipinski definition) is 6. The number of likely N-dealkylation sites (N-methyl/N-ethyl adjacent to an activating group) is 1. The normalized spacial score (nSPS) is 12.8. The van der Waals surface area contributed by atoms with E-state index in [9.17, 15) is 41.5 Å². The second kappa shape index (κ2) is 14.7. The highest BCUT2D eigenvalue weighted by atomic mass is 35.5. The third-order valence-corrected chi connectivity index (χ3v) is 8.68. The van der Waals surface area contributed by atoms with E-state index in [2.05, 4.69) is 20.1 Å². The Morgan fingerprint density at radius 3 is 2.38 bits per heavy atom. The van der Waals surface area contributed by atoms with Crippen LogP contribution in [0.3, 0.4) is 0 Å². The molecule has 0 fully saturated rings. The Balaban J connectivity index is 1.50. The van der Waals surface area contributed by atoms with E-state index in [1.54, 1.807) is 13.1 Å². The van der Waals surface area contributed by atoms with E-state index < -0.39 is 36.5 Å². The van der Waals surface area contributed by atoms with Crippen LogP contribution in [0.5, 0.6) is 11.5 Å². The van der Waals surface area contributed by atoms with Crippen molar-refractivity contribution in [3.05, 3.63) is 87.7 Å². The molecule has 0 bridgehead atoms. The van der Waals surface area contributed by atoms with Crippen LogP contribution in [0.2, 0.25) is 10.0 Å². The molecule has 0 saturated carbocycles. The van der Waals surface area contributed by atoms with Crippen LogP contribution in [0.25, 0.3) is 21.9 Å². The van der Waals surface area contributed by atoms with Crippen molar-refractivity contribution in [3.8, 4) is 11.5 Å². The molecule has 6 N–H and O–H groups in total. The van der Waals surface area contributed by atoms with Gasteiger partial charge in [0.15, 0.2) is 30.3 Å². The minimum atomic E-state index is -5.00. The molecule has 1 atom stereocenters. The third-order valence-electron chi connectivity index (χ3n) is 7.06. The zero-order valence-corrected chi connectivity index (χ0v) is 29.1. The number of sulfonamides is 1. The number of aliphatic hydroxyl groups is 1. The summed E-state index contributed by atoms with van der Waals surface area (Å²) in [5, 5.41) is 15.8. The maximum absolute atomic E-state index is 13.7. The van der Waals surface area contributed by atoms with Gasteiger partial charge in [-0.15, -0.1) is 0 Å². The number of phosphoric acid groups is 1. The van der Waals surface area contributed by atoms with Crippen LogP contribution in [0, 0.1) is 0 Å². The summed E-state index contributed by atoms with van der Waals surface area (Å²) in [7, 11) is -7.07. The molecule has 3 aromatic carbocycles. The Hall–Kier alpha value is -4.06. The lowest BCUT2D eigenvalue weighted by molar-refractivity contribution is -0.688. The fourth-order valence-electron chi connectivity index (χ4n) is 5.11. The van der Waals surface area contributed by atoms with Gasteiger partial charge in [0.2, 0.25) is 10.0 Å². The number of ether oxygens (including phenoxy) is 1. The van der Waals surface area contributed by atoms with Gasteiger partial charge in [0.05, 0.1) is 29.2 Å². The van der Waals surface area contributed by atoms with E-state index in [1.807, 2.05) is 0 Å². The number of benzene rings is 3. The average Bonchev–Trinajstić information content (AvgIpc) is 3.37. The number of amides is 1. The standard InChI is InChI=1S/C30H27Cl2F2N4O10PS/c1-35-11-22(39)15-3-4-16(25(9-15)48-49(41,42)43)12-38-13-20(31)27(21(32)14-38)36-29(40)18-6-8-24(47-30(33)34)28-26(18)19-10-17(37-50(2,44)45)5-7-23(19)46-28/h3-10,13-14,22,30,35,37,39H,11-12H2,1-2H3,(H2,41,42,43)/p+1. The van der Waals surface area contributed by atoms with Crippen LogP contribution in [0.1, 0.15) is 27.6 Å². The minimum Gasteiger partial charge on any atom is -0.452 e. The molecular formula is C30H28Cl2F2N4O10PS+. The van der Waals surface area contributed by atoms with Crippen molar-refractivity contribution in [2.45, 2.75) is 19.3 Å². The van der Waals surface area contributed by atoms with Gasteiger partial charge in [0, 0.05) is 23.0 Å². The maximum Gasteiger partial charge on any atom is 0.524 e. The van der Waals surface area contributed by atoms with Gasteiger partial charge >= 0.3 is 14.4 Å². The number of anilines is 2. The minimum absolute atomic E-state index is 0.0342. The van der Waals surface area contributed by atoms with Crippen LogP contribution in [-0.2, 0) is 21.1 Å². The van der Waals surface area contributed by atoms with E-state index in [4.69, 9.17) is 32.1 Å². The van der Waals surface area contributed by atoms with Gasteiger partial charge in [-0.1, -0.05) is 29.3 Å². The number of rotatable bonds is 13. The highest BCUT2D eigenvalue weighted by Crippen LogP contribution is 2.41. The molecule has 2 aromatic heterocycles. The molecule has 0 aliphatic heterocycles. The number of fused-ring (bicyclic) bond motifs is 3. The highest BCUT2D eigenvalue weighted by Gasteiger charge is 2.26. The van der Waals surface area contributed by atoms with Crippen LogP contribution < -0.4 is 29.2 Å². The smallest absolute Gasteiger partial charge is 0.452 e. The molecule has 0 spiro atoms. The zero-order valence-electron chi connectivity index (χ0n) is 25.9. The molecule has 0 radical (unpaired) electrons. The number of carbonyl (C=O) groups is 1. The first-order valence-electron chi connectivity index (χ1n) is 14.2. The molecule has 0 aliphatic carbocycles. The first kappa shape index (κ1) is 37.2. The summed E-state index contributed by atoms with van der Waals surface area (Å²) >= 11 is 13.1. The van der Waals surface area contributed by atoms with Gasteiger partial charge < -0.3 is 29.4 Å². The fourth-order valence-corrected chi connectivity index (χ4v) is 6.68. The Labute approximate surface area is 292 Å². The number of pyridine rings is 1. The lowest BCUT2D eigenvalue weighted by atomic mass is 10.0. The van der Waals surface area contributed by atoms with Crippen molar-refractivity contribution >= 4 is 80.3 Å². The van der Waals surface area contributed by atoms with E-state index in [0.717, 1.165) is 12.3 Å². The number of aromatic nitrogens is 1. The molecule has 0 saturated heterocycles. The van der Waals surface area contributed by atoms with Crippen molar-refractivity contribution in [1.29, 1.82) is 0 Å². The number of nitrogens with zero attached hydrogens (tertiary/aromatic N) is 1. The molecular weight excluding hydrogens is 748 g/mol. The monoisotopic (exact) mass is 775 g/mol. The summed E-state index contributed by atoms with van der Waals surface area (Å²) in [6.07, 6.45) is 2.70. The number of phosphoric ester groups is 1. The summed E-state index contributed by atoms with van der Waals surface area (Å²) in [6, 6.07) is 10.8. The van der Waals surface area contributed by atoms with Crippen LogP contribution >= 0.6 is 31.0 Å². The van der Waals surface area contributed by atoms with Gasteiger partial charge in [-0.3, -0.25) is 19.3 Å². The molecule has 2 heterocycles. The largest absolute Gasteiger partial charge is 0.524 e. The van der Waals surface area contributed by atoms with Gasteiger partial charge in [-0.25, -0.2) is 13.0 Å². The second-order valence-electron chi connectivity index (χ2n) is 10.9. The van der Waals surface area contributed by atoms with Crippen molar-refractivity contribution < 1.29 is 59.7 Å². The number of aliphatic hydroxyl groups excluding tert-OH is 1. The molecule has 50 heavy (non-hydrogen) atoms. The predicted molar refractivity (Wildman–Crippen MR) is 181 cm³/mol. The first-order chi connectivity index (χ1) is 23.4. The molecule has 5 rings (SSSR count). The Morgan fingerprint density at radius 2 is 1.76 bits per heavy atom. The molecule has 1 unspecified atom stereocenters. The molecule has 14 nitrogen and oxygen atoms in total. The third kappa shape index (κ3) is 8.80. The number of halogens is 4. The number of carbonyl (C=O) groups excluding carboxylic acids is 1. The first-order valence-corrected chi connectivity index (χ1v) is 18.4. The summed E-state index contributed by atoms with van der Waals surface area (Å²) in [6.45, 7) is -3.12. The summed E-state index contributed by atoms with van der Waals surface area (Å²) < 4.78 is 80.8. The quantitative estimate of drug-likeness (QED) is 0.0680. The summed E-state index contributed by atoms with van der Waals surface area (Å²) in [5.74, 6) is -1.37. The molecule has 1 amide bonds. The number of hydrogen-bond acceptors (Lipinski definition) is 9. The van der Waals surface area contributed by atoms with Crippen molar-refractivity contribution in [3.63, 3.8) is 0 Å². The Bertz CT molecular complexity index is 2250. The summed E-state index contributed by atoms with van der Waals surface area (Å²) in [5.41, 5.74) is 0.550. The van der Waals surface area contributed by atoms with E-state index in [0.29, 0.717) is 5.56 Å². The van der Waals surface area contributed by atoms with Crippen molar-refractivity contribution in [1.82, 2.24) is 5.32 Å². The molecule has 0 aliphatic rings. The number of alkyl halides is 2. The van der Waals surface area contributed by atoms with Gasteiger partial charge in [-0.05, 0) is 55.1 Å². The predicted octanol–water partition coefficient (Wildman–Crippen LogP) is 5.18. The van der Waals surface area contributed by atoms with E-state index in [1.165, 1.54) is 53.4 Å². The van der Waals surface area contributed by atoms with Crippen LogP contribution in [-0.4, -0.2) is 55.7 Å². The lowest BCUT2D eigenvalue weighted by Crippen LogP contribution is -2.34. The Morgan fingerprint density at radius 1 is 1.06 bits per heavy atom. The average molecular weight is 777 g/mol. The van der Waals surface area contributed by atoms with Gasteiger partial charge in [0.25, 0.3) is 5.91 Å². The van der Waals surface area contributed by atoms with Crippen molar-refractivity contribution in [2.24, 2.45) is 0 Å². The zero-order chi connectivity index (χ0) is 36.5. The topological polar surface area (TPSA) is 201 Å². The molecule has 5 aromatic rings. The van der Waals surface area contributed by atoms with Gasteiger partial charge in [-0.2, -0.15) is 13.3 Å². The fraction of sp³-hybridized carbons (Fsp3) is 0.200. The lowest BCUT2D eigenvalue weighted by Gasteiger charge is -2.15. The number of nitrogens with one attached hydrogen (secondary N) is 3. The highest BCUT2D eigenvalue weighted by molar-refractivity contribution is 7.92. The van der Waals surface area contributed by atoms with Crippen molar-refractivity contribution in [2.75, 3.05) is 29.9 Å². The SMILES string of the molecule is CNCC(O)c1ccc(C[n+]2cc(Cl)c(NC(=O)c3ccc(OC(F)F)c4oc5ccc(NS(C)(=O)=O)cc5c34)c(Cl)c2)c(OP(=O)(O)O)c1. The molecule has 266 valence electrons. The molecule has 20 heteroatoms. The summed E-state index contributed by atoms with van der Waals surface area (Å²) in [4.78, 5) is 32.7. The maximum atomic E-state index is 13.7. The number of furan rings is 1. The van der Waals surface area contributed by atoms with E-state index in [-0.39, 0.29) is 79.1 Å².